The minimum absolute atomic E-state index is 0.0797. The number of methoxy groups -OCH3 is 1. The van der Waals surface area contributed by atoms with Crippen molar-refractivity contribution in [1.82, 2.24) is 14.7 Å². The van der Waals surface area contributed by atoms with Crippen LogP contribution in [0.4, 0.5) is 4.79 Å². The number of amides is 1. The number of carboxylic acid groups (broad SMARTS) is 1. The summed E-state index contributed by atoms with van der Waals surface area (Å²) in [7, 11) is -2.82. The summed E-state index contributed by atoms with van der Waals surface area (Å²) in [4.78, 5) is 24.4. The van der Waals surface area contributed by atoms with Gasteiger partial charge in [0.05, 0.1) is 12.0 Å². The van der Waals surface area contributed by atoms with Gasteiger partial charge in [0.2, 0.25) is 10.0 Å². The molecule has 1 amide bonds. The molecule has 0 aromatic heterocycles. The van der Waals surface area contributed by atoms with Crippen LogP contribution in [-0.4, -0.2) is 61.3 Å². The van der Waals surface area contributed by atoms with Gasteiger partial charge in [0.1, 0.15) is 12.4 Å². The van der Waals surface area contributed by atoms with Crippen LogP contribution in [0.25, 0.3) is 0 Å². The highest BCUT2D eigenvalue weighted by molar-refractivity contribution is 7.89. The Bertz CT molecular complexity index is 1170. The van der Waals surface area contributed by atoms with E-state index in [-0.39, 0.29) is 24.6 Å². The molecular formula is C21H21Cl2N3O7S. The van der Waals surface area contributed by atoms with Crippen molar-refractivity contribution in [1.29, 1.82) is 0 Å². The number of hydrazine groups is 1. The average Bonchev–Trinajstić information content (AvgIpc) is 3.00. The molecule has 1 atom stereocenters. The smallest absolute Gasteiger partial charge is 0.422 e. The van der Waals surface area contributed by atoms with Gasteiger partial charge in [0.15, 0.2) is 6.17 Å². The minimum atomic E-state index is -4.26. The molecule has 182 valence electrons. The zero-order valence-electron chi connectivity index (χ0n) is 17.9. The summed E-state index contributed by atoms with van der Waals surface area (Å²) >= 11 is 11.9. The van der Waals surface area contributed by atoms with Crippen LogP contribution in [0.3, 0.4) is 0 Å². The summed E-state index contributed by atoms with van der Waals surface area (Å²) in [5, 5.41) is 11.5. The first-order valence-corrected chi connectivity index (χ1v) is 12.0. The summed E-state index contributed by atoms with van der Waals surface area (Å²) in [6, 6.07) is 10.1. The van der Waals surface area contributed by atoms with E-state index < -0.39 is 28.3 Å². The highest BCUT2D eigenvalue weighted by Crippen LogP contribution is 2.24. The molecule has 2 aromatic carbocycles. The summed E-state index contributed by atoms with van der Waals surface area (Å²) < 4.78 is 37.4. The molecule has 0 saturated heterocycles. The molecular weight excluding hydrogens is 509 g/mol. The molecule has 1 heterocycles. The lowest BCUT2D eigenvalue weighted by Gasteiger charge is -2.33. The van der Waals surface area contributed by atoms with Crippen LogP contribution in [0, 0.1) is 0 Å². The number of carbonyl (C=O) groups excluding carboxylic acids is 1. The molecule has 0 fully saturated rings. The van der Waals surface area contributed by atoms with Crippen LogP contribution in [0.1, 0.15) is 5.56 Å². The number of hydrogen-bond acceptors (Lipinski definition) is 7. The summed E-state index contributed by atoms with van der Waals surface area (Å²) in [5.41, 5.74) is 2.83. The number of nitrogens with one attached hydrogen (secondary N) is 1. The maximum atomic E-state index is 13.3. The minimum Gasteiger partial charge on any atom is -0.497 e. The standard InChI is InChI=1S/C21H21Cl2N3O7S/c1-32-17-4-6-18(7-5-17)34(30,31)26-9-3-2-8-25(19(26)20(27)28)24-21(29)33-13-14-10-15(22)12-16(23)11-14/h2-7,10-12,19H,8-9,13H2,1H3,(H,24,29)(H,27,28). The lowest BCUT2D eigenvalue weighted by Crippen LogP contribution is -2.60. The number of carbonyl (C=O) groups is 2. The zero-order valence-corrected chi connectivity index (χ0v) is 20.2. The Morgan fingerprint density at radius 3 is 2.29 bits per heavy atom. The first kappa shape index (κ1) is 25.8. The molecule has 1 aliphatic heterocycles. The maximum Gasteiger partial charge on any atom is 0.422 e. The third-order valence-corrected chi connectivity index (χ3v) is 7.01. The number of benzene rings is 2. The van der Waals surface area contributed by atoms with Crippen molar-refractivity contribution in [2.24, 2.45) is 0 Å². The monoisotopic (exact) mass is 529 g/mol. The number of ether oxygens (including phenoxy) is 2. The van der Waals surface area contributed by atoms with Crippen molar-refractivity contribution in [2.45, 2.75) is 17.7 Å². The Labute approximate surface area is 206 Å². The number of aliphatic carboxylic acids is 1. The van der Waals surface area contributed by atoms with Gasteiger partial charge in [-0.25, -0.2) is 18.0 Å². The van der Waals surface area contributed by atoms with Gasteiger partial charge in [0.25, 0.3) is 0 Å². The average molecular weight is 530 g/mol. The predicted molar refractivity (Wildman–Crippen MR) is 124 cm³/mol. The van der Waals surface area contributed by atoms with Crippen LogP contribution in [0.2, 0.25) is 10.0 Å². The van der Waals surface area contributed by atoms with E-state index >= 15 is 0 Å². The fraction of sp³-hybridized carbons (Fsp3) is 0.238. The van der Waals surface area contributed by atoms with E-state index in [0.29, 0.717) is 21.4 Å². The molecule has 0 saturated carbocycles. The third-order valence-electron chi connectivity index (χ3n) is 4.74. The van der Waals surface area contributed by atoms with Crippen molar-refractivity contribution in [2.75, 3.05) is 20.2 Å². The van der Waals surface area contributed by atoms with Gasteiger partial charge in [-0.2, -0.15) is 9.31 Å². The van der Waals surface area contributed by atoms with Gasteiger partial charge in [0, 0.05) is 23.1 Å². The second kappa shape index (κ2) is 11.1. The largest absolute Gasteiger partial charge is 0.497 e. The Balaban J connectivity index is 1.79. The highest BCUT2D eigenvalue weighted by atomic mass is 35.5. The second-order valence-corrected chi connectivity index (χ2v) is 9.81. The number of nitrogens with zero attached hydrogens (tertiary/aromatic N) is 2. The molecule has 0 bridgehead atoms. The Kier molecular flexibility index (Phi) is 8.39. The van der Waals surface area contributed by atoms with E-state index in [1.807, 2.05) is 0 Å². The predicted octanol–water partition coefficient (Wildman–Crippen LogP) is 3.12. The molecule has 1 aliphatic rings. The molecule has 2 N–H and O–H groups in total. The van der Waals surface area contributed by atoms with Gasteiger partial charge in [-0.15, -0.1) is 0 Å². The molecule has 3 rings (SSSR count). The lowest BCUT2D eigenvalue weighted by molar-refractivity contribution is -0.149. The highest BCUT2D eigenvalue weighted by Gasteiger charge is 2.41. The number of sulfonamides is 1. The van der Waals surface area contributed by atoms with E-state index in [1.165, 1.54) is 49.6 Å². The Hall–Kier alpha value is -2.83. The molecule has 0 spiro atoms. The van der Waals surface area contributed by atoms with E-state index in [1.54, 1.807) is 12.1 Å². The Morgan fingerprint density at radius 2 is 1.71 bits per heavy atom. The van der Waals surface area contributed by atoms with E-state index in [4.69, 9.17) is 32.7 Å². The van der Waals surface area contributed by atoms with E-state index in [2.05, 4.69) is 5.43 Å². The first-order chi connectivity index (χ1) is 16.1. The van der Waals surface area contributed by atoms with Crippen LogP contribution in [0.15, 0.2) is 59.5 Å². The fourth-order valence-electron chi connectivity index (χ4n) is 3.19. The number of halogens is 2. The van der Waals surface area contributed by atoms with Gasteiger partial charge in [-0.05, 0) is 48.0 Å². The van der Waals surface area contributed by atoms with Gasteiger partial charge >= 0.3 is 12.1 Å². The fourth-order valence-corrected chi connectivity index (χ4v) is 5.26. The topological polar surface area (TPSA) is 125 Å². The summed E-state index contributed by atoms with van der Waals surface area (Å²) in [5.74, 6) is -1.04. The molecule has 0 aliphatic carbocycles. The van der Waals surface area contributed by atoms with Gasteiger partial charge in [-0.1, -0.05) is 35.4 Å². The van der Waals surface area contributed by atoms with Crippen LogP contribution < -0.4 is 10.2 Å². The number of carboxylic acids is 1. The second-order valence-electron chi connectivity index (χ2n) is 7.05. The van der Waals surface area contributed by atoms with Crippen molar-refractivity contribution >= 4 is 45.3 Å². The normalized spacial score (nSPS) is 17.1. The van der Waals surface area contributed by atoms with Crippen molar-refractivity contribution in [3.05, 3.63) is 70.2 Å². The van der Waals surface area contributed by atoms with Crippen molar-refractivity contribution in [3.8, 4) is 5.75 Å². The quantitative estimate of drug-likeness (QED) is 0.524. The molecule has 34 heavy (non-hydrogen) atoms. The van der Waals surface area contributed by atoms with Crippen molar-refractivity contribution in [3.63, 3.8) is 0 Å². The maximum absolute atomic E-state index is 13.3. The van der Waals surface area contributed by atoms with Crippen LogP contribution in [0.5, 0.6) is 5.75 Å². The summed E-state index contributed by atoms with van der Waals surface area (Å²) in [6.45, 7) is -0.495. The molecule has 0 radical (unpaired) electrons. The van der Waals surface area contributed by atoms with Crippen molar-refractivity contribution < 1.29 is 32.6 Å². The van der Waals surface area contributed by atoms with Crippen LogP contribution in [-0.2, 0) is 26.2 Å². The number of hydrogen-bond donors (Lipinski definition) is 2. The molecule has 13 heteroatoms. The number of rotatable bonds is 7. The lowest BCUT2D eigenvalue weighted by atomic mass is 10.2. The summed E-state index contributed by atoms with van der Waals surface area (Å²) in [6.07, 6.45) is 0.309. The van der Waals surface area contributed by atoms with Gasteiger partial charge in [-0.3, -0.25) is 5.43 Å². The van der Waals surface area contributed by atoms with E-state index in [9.17, 15) is 23.1 Å². The SMILES string of the molecule is COc1ccc(S(=O)(=O)N2CC=CCN(NC(=O)OCc3cc(Cl)cc(Cl)c3)C2C(=O)O)cc1. The zero-order chi connectivity index (χ0) is 24.9. The van der Waals surface area contributed by atoms with Crippen LogP contribution >= 0.6 is 23.2 Å². The molecule has 1 unspecified atom stereocenters. The first-order valence-electron chi connectivity index (χ1n) is 9.80. The molecule has 2 aromatic rings. The molecule has 10 nitrogen and oxygen atoms in total. The van der Waals surface area contributed by atoms with Gasteiger partial charge < -0.3 is 14.6 Å². The van der Waals surface area contributed by atoms with E-state index in [0.717, 1.165) is 9.31 Å². The Morgan fingerprint density at radius 1 is 1.09 bits per heavy atom. The third kappa shape index (κ3) is 6.19.